The molecule has 11 heteroatoms. The number of amides is 2. The molecule has 1 heterocycles. The fraction of sp³-hybridized carbons (Fsp3) is 0.105. The van der Waals surface area contributed by atoms with Gasteiger partial charge in [0.05, 0.1) is 10.5 Å². The van der Waals surface area contributed by atoms with Crippen molar-refractivity contribution in [3.8, 4) is 5.75 Å². The van der Waals surface area contributed by atoms with Crippen molar-refractivity contribution >= 4 is 67.8 Å². The molecule has 30 heavy (non-hydrogen) atoms. The van der Waals surface area contributed by atoms with Crippen LogP contribution in [0.15, 0.2) is 51.8 Å². The number of thioether (sulfide) groups is 1. The molecule has 1 saturated heterocycles. The molecule has 3 rings (SSSR count). The molecule has 0 saturated carbocycles. The molecule has 0 spiro atoms. The lowest BCUT2D eigenvalue weighted by molar-refractivity contribution is -0.137. The number of alkyl halides is 3. The van der Waals surface area contributed by atoms with E-state index >= 15 is 0 Å². The minimum Gasteiger partial charge on any atom is -0.483 e. The van der Waals surface area contributed by atoms with Gasteiger partial charge in [0.15, 0.2) is 6.61 Å². The molecule has 1 aliphatic heterocycles. The van der Waals surface area contributed by atoms with E-state index in [1.807, 2.05) is 0 Å². The second-order valence-electron chi connectivity index (χ2n) is 5.95. The molecule has 5 nitrogen and oxygen atoms in total. The molecule has 2 amide bonds. The summed E-state index contributed by atoms with van der Waals surface area (Å²) in [6.45, 7) is -0.439. The molecular weight excluding hydrogens is 505 g/mol. The Balaban J connectivity index is 1.70. The van der Waals surface area contributed by atoms with Crippen molar-refractivity contribution in [2.45, 2.75) is 6.18 Å². The van der Waals surface area contributed by atoms with E-state index in [2.05, 4.69) is 26.6 Å². The minimum atomic E-state index is -4.51. The second kappa shape index (κ2) is 9.19. The van der Waals surface area contributed by atoms with Gasteiger partial charge in [0, 0.05) is 15.7 Å². The van der Waals surface area contributed by atoms with Crippen LogP contribution in [0.25, 0.3) is 6.08 Å². The largest absolute Gasteiger partial charge is 0.483 e. The van der Waals surface area contributed by atoms with Gasteiger partial charge >= 0.3 is 6.18 Å². The highest BCUT2D eigenvalue weighted by Crippen LogP contribution is 2.32. The van der Waals surface area contributed by atoms with Gasteiger partial charge in [-0.1, -0.05) is 46.0 Å². The van der Waals surface area contributed by atoms with E-state index in [-0.39, 0.29) is 11.6 Å². The van der Waals surface area contributed by atoms with Crippen LogP contribution >= 0.6 is 39.9 Å². The van der Waals surface area contributed by atoms with Gasteiger partial charge in [-0.2, -0.15) is 13.2 Å². The van der Waals surface area contributed by atoms with E-state index in [9.17, 15) is 22.8 Å². The van der Waals surface area contributed by atoms with Crippen LogP contribution in [0.5, 0.6) is 5.75 Å². The Labute approximate surface area is 187 Å². The van der Waals surface area contributed by atoms with Crippen LogP contribution in [-0.4, -0.2) is 22.7 Å². The summed E-state index contributed by atoms with van der Waals surface area (Å²) in [5, 5.41) is 4.87. The quantitative estimate of drug-likeness (QED) is 0.433. The first-order chi connectivity index (χ1) is 14.1. The Morgan fingerprint density at radius 3 is 2.70 bits per heavy atom. The van der Waals surface area contributed by atoms with Gasteiger partial charge in [-0.25, -0.2) is 0 Å². The molecule has 156 valence electrons. The normalized spacial score (nSPS) is 15.3. The summed E-state index contributed by atoms with van der Waals surface area (Å²) >= 11 is 9.39. The van der Waals surface area contributed by atoms with Gasteiger partial charge in [-0.3, -0.25) is 9.59 Å². The summed E-state index contributed by atoms with van der Waals surface area (Å²) in [5.41, 5.74) is -0.337. The molecule has 0 radical (unpaired) electrons. The van der Waals surface area contributed by atoms with E-state index in [0.29, 0.717) is 20.5 Å². The average Bonchev–Trinajstić information content (AvgIpc) is 2.97. The lowest BCUT2D eigenvalue weighted by Crippen LogP contribution is -2.20. The van der Waals surface area contributed by atoms with Crippen LogP contribution in [0.1, 0.15) is 11.1 Å². The zero-order valence-electron chi connectivity index (χ0n) is 14.9. The van der Waals surface area contributed by atoms with E-state index in [1.54, 1.807) is 24.3 Å². The monoisotopic (exact) mass is 516 g/mol. The zero-order chi connectivity index (χ0) is 21.9. The number of rotatable bonds is 5. The zero-order valence-corrected chi connectivity index (χ0v) is 18.1. The second-order valence-corrected chi connectivity index (χ2v) is 8.58. The first-order valence-electron chi connectivity index (χ1n) is 8.26. The number of thiocarbonyl (C=S) groups is 1. The van der Waals surface area contributed by atoms with E-state index in [1.165, 1.54) is 12.1 Å². The van der Waals surface area contributed by atoms with Crippen molar-refractivity contribution in [2.24, 2.45) is 0 Å². The van der Waals surface area contributed by atoms with Crippen LogP contribution in [0, 0.1) is 0 Å². The Bertz CT molecular complexity index is 1060. The molecule has 0 aromatic heterocycles. The Morgan fingerprint density at radius 1 is 1.27 bits per heavy atom. The average molecular weight is 517 g/mol. The van der Waals surface area contributed by atoms with Crippen LogP contribution in [-0.2, 0) is 15.8 Å². The van der Waals surface area contributed by atoms with Gasteiger partial charge in [0.25, 0.3) is 11.8 Å². The number of halogens is 4. The van der Waals surface area contributed by atoms with Gasteiger partial charge in [-0.05, 0) is 42.5 Å². The summed E-state index contributed by atoms with van der Waals surface area (Å²) < 4.78 is 44.9. The number of nitrogens with one attached hydrogen (secondary N) is 2. The maximum atomic E-state index is 12.8. The number of hydrogen-bond donors (Lipinski definition) is 2. The molecule has 0 aliphatic carbocycles. The van der Waals surface area contributed by atoms with E-state index in [0.717, 1.165) is 28.4 Å². The summed E-state index contributed by atoms with van der Waals surface area (Å²) in [4.78, 5) is 24.4. The number of anilines is 1. The third kappa shape index (κ3) is 5.83. The lowest BCUT2D eigenvalue weighted by Gasteiger charge is -2.12. The Kier molecular flexibility index (Phi) is 6.84. The van der Waals surface area contributed by atoms with Crippen molar-refractivity contribution in [3.05, 3.63) is 63.0 Å². The molecule has 0 unspecified atom stereocenters. The molecular formula is C19H12BrF3N2O3S2. The van der Waals surface area contributed by atoms with Crippen LogP contribution in [0.2, 0.25) is 0 Å². The SMILES string of the molecule is O=C(COc1ccc(Br)cc1/C=C1\SC(=S)NC1=O)Nc1cccc(C(F)(F)F)c1. The maximum absolute atomic E-state index is 12.8. The highest BCUT2D eigenvalue weighted by Gasteiger charge is 2.30. The Morgan fingerprint density at radius 2 is 2.03 bits per heavy atom. The molecule has 1 fully saturated rings. The summed E-state index contributed by atoms with van der Waals surface area (Å²) in [6, 6.07) is 9.29. The molecule has 2 aromatic rings. The maximum Gasteiger partial charge on any atom is 0.416 e. The van der Waals surface area contributed by atoms with Crippen molar-refractivity contribution in [3.63, 3.8) is 0 Å². The molecule has 2 N–H and O–H groups in total. The van der Waals surface area contributed by atoms with Crippen molar-refractivity contribution in [1.82, 2.24) is 5.32 Å². The van der Waals surface area contributed by atoms with E-state index < -0.39 is 24.3 Å². The molecule has 0 atom stereocenters. The van der Waals surface area contributed by atoms with Gasteiger partial charge in [0.1, 0.15) is 10.1 Å². The summed E-state index contributed by atoms with van der Waals surface area (Å²) in [7, 11) is 0. The van der Waals surface area contributed by atoms with Crippen molar-refractivity contribution in [2.75, 3.05) is 11.9 Å². The minimum absolute atomic E-state index is 0.00381. The van der Waals surface area contributed by atoms with Crippen LogP contribution in [0.4, 0.5) is 18.9 Å². The summed E-state index contributed by atoms with van der Waals surface area (Å²) in [5.74, 6) is -0.653. The first kappa shape index (κ1) is 22.3. The fourth-order valence-corrected chi connectivity index (χ4v) is 3.85. The van der Waals surface area contributed by atoms with Crippen molar-refractivity contribution in [1.29, 1.82) is 0 Å². The number of benzene rings is 2. The number of carbonyl (C=O) groups is 2. The van der Waals surface area contributed by atoms with Crippen LogP contribution in [0.3, 0.4) is 0 Å². The molecule has 2 aromatic carbocycles. The smallest absolute Gasteiger partial charge is 0.416 e. The predicted octanol–water partition coefficient (Wildman–Crippen LogP) is 4.97. The van der Waals surface area contributed by atoms with Gasteiger partial charge in [-0.15, -0.1) is 0 Å². The Hall–Kier alpha value is -2.37. The van der Waals surface area contributed by atoms with E-state index in [4.69, 9.17) is 17.0 Å². The molecule has 1 aliphatic rings. The topological polar surface area (TPSA) is 67.4 Å². The number of hydrogen-bond acceptors (Lipinski definition) is 5. The molecule has 0 bridgehead atoms. The van der Waals surface area contributed by atoms with Gasteiger partial charge < -0.3 is 15.4 Å². The number of ether oxygens (including phenoxy) is 1. The third-order valence-electron chi connectivity index (χ3n) is 3.73. The van der Waals surface area contributed by atoms with Crippen molar-refractivity contribution < 1.29 is 27.5 Å². The number of carbonyl (C=O) groups excluding carboxylic acids is 2. The standard InChI is InChI=1S/C19H12BrF3N2O3S2/c20-12-4-5-14(10(6-12)7-15-17(27)25-18(29)30-15)28-9-16(26)24-13-3-1-2-11(8-13)19(21,22)23/h1-8H,9H2,(H,24,26)(H,25,27,29)/b15-7-. The summed E-state index contributed by atoms with van der Waals surface area (Å²) in [6.07, 6.45) is -2.94. The van der Waals surface area contributed by atoms with Gasteiger partial charge in [0.2, 0.25) is 0 Å². The highest BCUT2D eigenvalue weighted by molar-refractivity contribution is 9.10. The fourth-order valence-electron chi connectivity index (χ4n) is 2.44. The lowest BCUT2D eigenvalue weighted by atomic mass is 10.2. The first-order valence-corrected chi connectivity index (χ1v) is 10.3. The predicted molar refractivity (Wildman–Crippen MR) is 116 cm³/mol. The highest BCUT2D eigenvalue weighted by atomic mass is 79.9. The third-order valence-corrected chi connectivity index (χ3v) is 5.39. The van der Waals surface area contributed by atoms with Crippen LogP contribution < -0.4 is 15.4 Å².